The average molecular weight is 482 g/mol. The first kappa shape index (κ1) is 23.1. The Kier molecular flexibility index (Phi) is 7.53. The number of nitrogens with one attached hydrogen (secondary N) is 1. The van der Waals surface area contributed by atoms with Gasteiger partial charge >= 0.3 is 5.97 Å². The first-order valence-electron chi connectivity index (χ1n) is 10.8. The Morgan fingerprint density at radius 2 is 1.42 bits per heavy atom. The summed E-state index contributed by atoms with van der Waals surface area (Å²) in [5.41, 5.74) is 4.39. The molecule has 3 aromatic carbocycles. The molecule has 2 N–H and O–H groups in total. The Morgan fingerprint density at radius 3 is 1.94 bits per heavy atom. The first-order valence-corrected chi connectivity index (χ1v) is 11.9. The van der Waals surface area contributed by atoms with Crippen LogP contribution in [0.15, 0.2) is 72.8 Å². The second-order valence-electron chi connectivity index (χ2n) is 7.79. The summed E-state index contributed by atoms with van der Waals surface area (Å²) in [6.07, 6.45) is 0.339. The van der Waals surface area contributed by atoms with E-state index < -0.39 is 12.0 Å². The van der Waals surface area contributed by atoms with E-state index in [9.17, 15) is 9.90 Å². The van der Waals surface area contributed by atoms with Gasteiger partial charge in [0.15, 0.2) is 0 Å². The van der Waals surface area contributed by atoms with Crippen LogP contribution < -0.4 is 10.2 Å². The summed E-state index contributed by atoms with van der Waals surface area (Å²) in [6, 6.07) is 22.7. The molecule has 0 radical (unpaired) electrons. The minimum atomic E-state index is -0.907. The van der Waals surface area contributed by atoms with Gasteiger partial charge in [-0.1, -0.05) is 48.5 Å². The zero-order valence-corrected chi connectivity index (χ0v) is 19.6. The maximum Gasteiger partial charge on any atom is 0.326 e. The van der Waals surface area contributed by atoms with Crippen LogP contribution in [0.25, 0.3) is 21.8 Å². The highest BCUT2D eigenvalue weighted by Gasteiger charge is 2.21. The smallest absolute Gasteiger partial charge is 0.326 e. The number of benzene rings is 3. The third-order valence-corrected chi connectivity index (χ3v) is 5.99. The molecule has 4 aromatic rings. The van der Waals surface area contributed by atoms with E-state index in [0.717, 1.165) is 38.7 Å². The molecular weight excluding hydrogens is 457 g/mol. The number of carbonyl (C=O) groups is 1. The third kappa shape index (κ3) is 5.32. The number of carboxylic acids is 1. The predicted molar refractivity (Wildman–Crippen MR) is 138 cm³/mol. The van der Waals surface area contributed by atoms with Gasteiger partial charge in [-0.15, -0.1) is 23.2 Å². The van der Waals surface area contributed by atoms with Gasteiger partial charge in [-0.05, 0) is 29.8 Å². The molecule has 0 aliphatic carbocycles. The van der Waals surface area contributed by atoms with E-state index in [0.29, 0.717) is 31.3 Å². The summed E-state index contributed by atoms with van der Waals surface area (Å²) in [5.74, 6) is 0.115. The highest BCUT2D eigenvalue weighted by molar-refractivity contribution is 6.18. The van der Waals surface area contributed by atoms with Gasteiger partial charge in [0.05, 0.1) is 16.7 Å². The van der Waals surface area contributed by atoms with Gasteiger partial charge in [-0.3, -0.25) is 0 Å². The van der Waals surface area contributed by atoms with Crippen LogP contribution in [-0.4, -0.2) is 47.0 Å². The molecule has 0 aliphatic heterocycles. The Balaban J connectivity index is 1.63. The van der Waals surface area contributed by atoms with Crippen LogP contribution in [0.2, 0.25) is 0 Å². The van der Waals surface area contributed by atoms with E-state index in [1.54, 1.807) is 0 Å². The molecule has 170 valence electrons. The zero-order chi connectivity index (χ0) is 23.2. The average Bonchev–Trinajstić information content (AvgIpc) is 2.83. The van der Waals surface area contributed by atoms with Crippen molar-refractivity contribution in [3.05, 3.63) is 78.4 Å². The first-order chi connectivity index (χ1) is 16.1. The zero-order valence-electron chi connectivity index (χ0n) is 18.0. The third-order valence-electron chi connectivity index (χ3n) is 5.65. The molecule has 1 heterocycles. The number of anilines is 2. The fourth-order valence-electron chi connectivity index (χ4n) is 4.02. The number of aromatic nitrogens is 1. The molecule has 0 unspecified atom stereocenters. The van der Waals surface area contributed by atoms with Crippen molar-refractivity contribution in [2.24, 2.45) is 0 Å². The van der Waals surface area contributed by atoms with Gasteiger partial charge in [0.1, 0.15) is 6.04 Å². The highest BCUT2D eigenvalue weighted by atomic mass is 35.5. The molecule has 0 amide bonds. The van der Waals surface area contributed by atoms with Gasteiger partial charge in [0.2, 0.25) is 0 Å². The fourth-order valence-corrected chi connectivity index (χ4v) is 4.43. The Hall–Kier alpha value is -3.02. The number of fused-ring (bicyclic) bond motifs is 2. The van der Waals surface area contributed by atoms with Gasteiger partial charge in [0.25, 0.3) is 0 Å². The number of aliphatic carboxylic acids is 1. The van der Waals surface area contributed by atoms with Crippen LogP contribution in [0, 0.1) is 0 Å². The van der Waals surface area contributed by atoms with Crippen LogP contribution in [0.5, 0.6) is 0 Å². The van der Waals surface area contributed by atoms with Crippen LogP contribution in [-0.2, 0) is 11.2 Å². The molecule has 5 nitrogen and oxygen atoms in total. The largest absolute Gasteiger partial charge is 0.480 e. The number of nitrogens with zero attached hydrogens (tertiary/aromatic N) is 2. The van der Waals surface area contributed by atoms with Gasteiger partial charge < -0.3 is 15.3 Å². The second kappa shape index (κ2) is 10.7. The molecule has 0 spiro atoms. The molecule has 0 fully saturated rings. The quantitative estimate of drug-likeness (QED) is 0.222. The number of carboxylic acid groups (broad SMARTS) is 1. The van der Waals surface area contributed by atoms with E-state index in [1.165, 1.54) is 0 Å². The molecule has 33 heavy (non-hydrogen) atoms. The Labute approximate surface area is 202 Å². The minimum absolute atomic E-state index is 0.339. The van der Waals surface area contributed by atoms with Crippen LogP contribution in [0.4, 0.5) is 11.4 Å². The Bertz CT molecular complexity index is 1190. The van der Waals surface area contributed by atoms with Crippen molar-refractivity contribution in [2.45, 2.75) is 12.5 Å². The maximum absolute atomic E-state index is 12.2. The van der Waals surface area contributed by atoms with Gasteiger partial charge in [0, 0.05) is 47.7 Å². The summed E-state index contributed by atoms with van der Waals surface area (Å²) in [7, 11) is 0. The molecule has 0 aliphatic rings. The van der Waals surface area contributed by atoms with Crippen molar-refractivity contribution in [3.63, 3.8) is 0 Å². The lowest BCUT2D eigenvalue weighted by atomic mass is 10.0. The van der Waals surface area contributed by atoms with E-state index >= 15 is 0 Å². The standard InChI is InChI=1S/C26H25Cl2N3O2/c27-13-15-31(16-14-28)19-11-9-18(10-12-19)17-24(26(32)33)30-25-20-5-1-3-7-22(20)29-23-8-4-2-6-21(23)25/h1-12,24H,13-17H2,(H,29,30)(H,32,33)/t24-/m0/s1. The number of pyridine rings is 1. The van der Waals surface area contributed by atoms with Crippen molar-refractivity contribution >= 4 is 62.4 Å². The van der Waals surface area contributed by atoms with E-state index in [4.69, 9.17) is 28.2 Å². The molecule has 0 saturated carbocycles. The number of para-hydroxylation sites is 2. The molecular formula is C26H25Cl2N3O2. The SMILES string of the molecule is O=C(O)[C@H](Cc1ccc(N(CCCl)CCCl)cc1)Nc1c2ccccc2nc2ccccc12. The van der Waals surface area contributed by atoms with E-state index in [1.807, 2.05) is 72.8 Å². The van der Waals surface area contributed by atoms with E-state index in [-0.39, 0.29) is 0 Å². The van der Waals surface area contributed by atoms with Crippen LogP contribution in [0.3, 0.4) is 0 Å². The normalized spacial score (nSPS) is 12.1. The number of rotatable bonds is 10. The van der Waals surface area contributed by atoms with E-state index in [2.05, 4.69) is 10.2 Å². The summed E-state index contributed by atoms with van der Waals surface area (Å²) < 4.78 is 0. The second-order valence-corrected chi connectivity index (χ2v) is 8.55. The molecule has 1 atom stereocenters. The van der Waals surface area contributed by atoms with Gasteiger partial charge in [-0.2, -0.15) is 0 Å². The fraction of sp³-hybridized carbons (Fsp3) is 0.231. The molecule has 1 aromatic heterocycles. The van der Waals surface area contributed by atoms with Crippen LogP contribution >= 0.6 is 23.2 Å². The Morgan fingerprint density at radius 1 is 0.879 bits per heavy atom. The number of halogens is 2. The van der Waals surface area contributed by atoms with Crippen molar-refractivity contribution in [2.75, 3.05) is 35.1 Å². The van der Waals surface area contributed by atoms with Gasteiger partial charge in [-0.25, -0.2) is 9.78 Å². The lowest BCUT2D eigenvalue weighted by Gasteiger charge is -2.23. The molecule has 4 rings (SSSR count). The lowest BCUT2D eigenvalue weighted by Crippen LogP contribution is -2.32. The molecule has 7 heteroatoms. The van der Waals surface area contributed by atoms with Crippen molar-refractivity contribution < 1.29 is 9.90 Å². The highest BCUT2D eigenvalue weighted by Crippen LogP contribution is 2.31. The molecule has 0 bridgehead atoms. The summed E-state index contributed by atoms with van der Waals surface area (Å²) in [6.45, 7) is 1.41. The monoisotopic (exact) mass is 481 g/mol. The van der Waals surface area contributed by atoms with Crippen molar-refractivity contribution in [3.8, 4) is 0 Å². The number of alkyl halides is 2. The number of hydrogen-bond acceptors (Lipinski definition) is 4. The summed E-state index contributed by atoms with van der Waals surface area (Å²) >= 11 is 11.8. The van der Waals surface area contributed by atoms with Crippen molar-refractivity contribution in [1.82, 2.24) is 4.98 Å². The maximum atomic E-state index is 12.2. The lowest BCUT2D eigenvalue weighted by molar-refractivity contribution is -0.137. The summed E-state index contributed by atoms with van der Waals surface area (Å²) in [4.78, 5) is 19.0. The number of hydrogen-bond donors (Lipinski definition) is 2. The topological polar surface area (TPSA) is 65.5 Å². The predicted octanol–water partition coefficient (Wildman–Crippen LogP) is 5.78. The minimum Gasteiger partial charge on any atom is -0.480 e. The summed E-state index contributed by atoms with van der Waals surface area (Å²) in [5, 5.41) is 15.1. The van der Waals surface area contributed by atoms with Crippen molar-refractivity contribution in [1.29, 1.82) is 0 Å². The van der Waals surface area contributed by atoms with Crippen LogP contribution in [0.1, 0.15) is 5.56 Å². The molecule has 0 saturated heterocycles.